The van der Waals surface area contributed by atoms with Crippen LogP contribution in [-0.2, 0) is 0 Å². The van der Waals surface area contributed by atoms with Crippen molar-refractivity contribution < 1.29 is 0 Å². The van der Waals surface area contributed by atoms with Crippen LogP contribution < -0.4 is 10.2 Å². The lowest BCUT2D eigenvalue weighted by Gasteiger charge is -2.22. The maximum absolute atomic E-state index is 6.18. The van der Waals surface area contributed by atoms with Crippen LogP contribution in [0.15, 0.2) is 23.2 Å². The maximum Gasteiger partial charge on any atom is 0.193 e. The van der Waals surface area contributed by atoms with Crippen LogP contribution in [-0.4, -0.2) is 50.1 Å². The monoisotopic (exact) mass is 348 g/mol. The Kier molecular flexibility index (Phi) is 5.88. The molecular formula is C19H29ClN4. The largest absolute Gasteiger partial charge is 0.371 e. The van der Waals surface area contributed by atoms with E-state index in [9.17, 15) is 0 Å². The van der Waals surface area contributed by atoms with Crippen molar-refractivity contribution in [2.24, 2.45) is 10.9 Å². The molecule has 0 amide bonds. The number of rotatable bonds is 4. The van der Waals surface area contributed by atoms with E-state index in [0.29, 0.717) is 5.92 Å². The number of hydrogen-bond acceptors (Lipinski definition) is 2. The smallest absolute Gasteiger partial charge is 0.193 e. The van der Waals surface area contributed by atoms with E-state index in [0.717, 1.165) is 50.3 Å². The molecule has 0 aliphatic carbocycles. The van der Waals surface area contributed by atoms with Crippen LogP contribution in [0.5, 0.6) is 0 Å². The zero-order chi connectivity index (χ0) is 16.9. The third kappa shape index (κ3) is 4.15. The molecule has 2 saturated heterocycles. The average molecular weight is 349 g/mol. The Bertz CT molecular complexity index is 581. The third-order valence-corrected chi connectivity index (χ3v) is 5.27. The van der Waals surface area contributed by atoms with Crippen LogP contribution in [0.3, 0.4) is 0 Å². The summed E-state index contributed by atoms with van der Waals surface area (Å²) in [6.45, 7) is 10.6. The summed E-state index contributed by atoms with van der Waals surface area (Å²) in [7, 11) is 0. The van der Waals surface area contributed by atoms with Gasteiger partial charge in [-0.15, -0.1) is 0 Å². The van der Waals surface area contributed by atoms with E-state index in [4.69, 9.17) is 16.6 Å². The van der Waals surface area contributed by atoms with Gasteiger partial charge in [-0.2, -0.15) is 0 Å². The van der Waals surface area contributed by atoms with E-state index < -0.39 is 0 Å². The molecular weight excluding hydrogens is 320 g/mol. The van der Waals surface area contributed by atoms with Gasteiger partial charge in [-0.05, 0) is 56.7 Å². The molecule has 3 rings (SSSR count). The number of likely N-dealkylation sites (tertiary alicyclic amines) is 1. The summed E-state index contributed by atoms with van der Waals surface area (Å²) in [5.41, 5.74) is 2.58. The minimum Gasteiger partial charge on any atom is -0.371 e. The first-order chi connectivity index (χ1) is 11.7. The Hall–Kier alpha value is -1.42. The molecule has 0 aromatic heterocycles. The fourth-order valence-corrected chi connectivity index (χ4v) is 3.86. The van der Waals surface area contributed by atoms with E-state index >= 15 is 0 Å². The Balaban J connectivity index is 1.60. The second-order valence-electron chi connectivity index (χ2n) is 6.92. The molecule has 0 saturated carbocycles. The highest BCUT2D eigenvalue weighted by Gasteiger charge is 2.24. The average Bonchev–Trinajstić information content (AvgIpc) is 3.25. The zero-order valence-electron chi connectivity index (χ0n) is 14.9. The van der Waals surface area contributed by atoms with Gasteiger partial charge in [-0.3, -0.25) is 4.99 Å². The standard InChI is InChI=1S/C19H29ClN4/c1-3-21-19(23-9-4-5-10-23)22-13-16-8-11-24(14-16)18-12-17(20)7-6-15(18)2/h6-7,12,16H,3-5,8-11,13-14H2,1-2H3,(H,21,22). The summed E-state index contributed by atoms with van der Waals surface area (Å²) in [6, 6.07) is 6.17. The summed E-state index contributed by atoms with van der Waals surface area (Å²) >= 11 is 6.18. The molecule has 0 spiro atoms. The predicted molar refractivity (Wildman–Crippen MR) is 103 cm³/mol. The van der Waals surface area contributed by atoms with Gasteiger partial charge < -0.3 is 15.1 Å². The normalized spacial score (nSPS) is 21.6. The van der Waals surface area contributed by atoms with Gasteiger partial charge in [0.2, 0.25) is 0 Å². The SMILES string of the molecule is CCNC(=NCC1CCN(c2cc(Cl)ccc2C)C1)N1CCCC1. The van der Waals surface area contributed by atoms with E-state index in [1.165, 1.54) is 30.5 Å². The van der Waals surface area contributed by atoms with Gasteiger partial charge in [-0.25, -0.2) is 0 Å². The van der Waals surface area contributed by atoms with Crippen LogP contribution in [0.1, 0.15) is 31.7 Å². The maximum atomic E-state index is 6.18. The lowest BCUT2D eigenvalue weighted by atomic mass is 10.1. The lowest BCUT2D eigenvalue weighted by molar-refractivity contribution is 0.488. The Morgan fingerprint density at radius 1 is 1.29 bits per heavy atom. The van der Waals surface area contributed by atoms with Gasteiger partial charge in [0.1, 0.15) is 0 Å². The summed E-state index contributed by atoms with van der Waals surface area (Å²) in [4.78, 5) is 9.79. The molecule has 2 aliphatic heterocycles. The van der Waals surface area contributed by atoms with Crippen LogP contribution in [0.4, 0.5) is 5.69 Å². The molecule has 0 radical (unpaired) electrons. The lowest BCUT2D eigenvalue weighted by Crippen LogP contribution is -2.40. The van der Waals surface area contributed by atoms with Crippen molar-refractivity contribution in [1.82, 2.24) is 10.2 Å². The Labute approximate surface area is 150 Å². The van der Waals surface area contributed by atoms with Crippen molar-refractivity contribution in [1.29, 1.82) is 0 Å². The van der Waals surface area contributed by atoms with E-state index in [1.807, 2.05) is 6.07 Å². The first kappa shape index (κ1) is 17.4. The molecule has 1 aromatic rings. The van der Waals surface area contributed by atoms with Crippen molar-refractivity contribution in [3.8, 4) is 0 Å². The molecule has 5 heteroatoms. The van der Waals surface area contributed by atoms with Gasteiger partial charge in [0.05, 0.1) is 0 Å². The molecule has 24 heavy (non-hydrogen) atoms. The number of aliphatic imine (C=N–C) groups is 1. The molecule has 1 N–H and O–H groups in total. The number of halogens is 1. The summed E-state index contributed by atoms with van der Waals surface area (Å²) in [6.07, 6.45) is 3.78. The second kappa shape index (κ2) is 8.11. The third-order valence-electron chi connectivity index (χ3n) is 5.04. The zero-order valence-corrected chi connectivity index (χ0v) is 15.6. The van der Waals surface area contributed by atoms with Gasteiger partial charge in [-0.1, -0.05) is 17.7 Å². The molecule has 1 aromatic carbocycles. The summed E-state index contributed by atoms with van der Waals surface area (Å²) in [5.74, 6) is 1.73. The molecule has 4 nitrogen and oxygen atoms in total. The highest BCUT2D eigenvalue weighted by atomic mass is 35.5. The highest BCUT2D eigenvalue weighted by Crippen LogP contribution is 2.29. The number of nitrogens with zero attached hydrogens (tertiary/aromatic N) is 3. The molecule has 2 aliphatic rings. The van der Waals surface area contributed by atoms with Crippen LogP contribution in [0.25, 0.3) is 0 Å². The molecule has 2 heterocycles. The van der Waals surface area contributed by atoms with Gasteiger partial charge in [0.15, 0.2) is 5.96 Å². The summed E-state index contributed by atoms with van der Waals surface area (Å²) in [5, 5.41) is 4.27. The molecule has 1 atom stereocenters. The first-order valence-electron chi connectivity index (χ1n) is 9.21. The fourth-order valence-electron chi connectivity index (χ4n) is 3.69. The van der Waals surface area contributed by atoms with Crippen molar-refractivity contribution in [2.45, 2.75) is 33.1 Å². The molecule has 1 unspecified atom stereocenters. The highest BCUT2D eigenvalue weighted by molar-refractivity contribution is 6.30. The quantitative estimate of drug-likeness (QED) is 0.667. The second-order valence-corrected chi connectivity index (χ2v) is 7.36. The van der Waals surface area contributed by atoms with Crippen molar-refractivity contribution in [2.75, 3.05) is 44.2 Å². The molecule has 132 valence electrons. The van der Waals surface area contributed by atoms with Crippen molar-refractivity contribution in [3.63, 3.8) is 0 Å². The van der Waals surface area contributed by atoms with Crippen LogP contribution in [0, 0.1) is 12.8 Å². The van der Waals surface area contributed by atoms with E-state index in [1.54, 1.807) is 0 Å². The number of hydrogen-bond donors (Lipinski definition) is 1. The van der Waals surface area contributed by atoms with Crippen LogP contribution >= 0.6 is 11.6 Å². The topological polar surface area (TPSA) is 30.9 Å². The number of nitrogens with one attached hydrogen (secondary N) is 1. The van der Waals surface area contributed by atoms with Crippen molar-refractivity contribution in [3.05, 3.63) is 28.8 Å². The Morgan fingerprint density at radius 2 is 2.08 bits per heavy atom. The predicted octanol–water partition coefficient (Wildman–Crippen LogP) is 3.54. The number of guanidine groups is 1. The van der Waals surface area contributed by atoms with E-state index in [-0.39, 0.29) is 0 Å². The number of anilines is 1. The minimum absolute atomic E-state index is 0.625. The fraction of sp³-hybridized carbons (Fsp3) is 0.632. The Morgan fingerprint density at radius 3 is 2.83 bits per heavy atom. The van der Waals surface area contributed by atoms with Gasteiger partial charge in [0, 0.05) is 50.0 Å². The first-order valence-corrected chi connectivity index (χ1v) is 9.59. The van der Waals surface area contributed by atoms with Gasteiger partial charge >= 0.3 is 0 Å². The minimum atomic E-state index is 0.625. The van der Waals surface area contributed by atoms with Crippen molar-refractivity contribution >= 4 is 23.2 Å². The number of aryl methyl sites for hydroxylation is 1. The summed E-state index contributed by atoms with van der Waals surface area (Å²) < 4.78 is 0. The molecule has 2 fully saturated rings. The van der Waals surface area contributed by atoms with Crippen LogP contribution in [0.2, 0.25) is 5.02 Å². The van der Waals surface area contributed by atoms with E-state index in [2.05, 4.69) is 41.1 Å². The molecule has 0 bridgehead atoms. The van der Waals surface area contributed by atoms with Gasteiger partial charge in [0.25, 0.3) is 0 Å². The number of benzene rings is 1.